The van der Waals surface area contributed by atoms with E-state index in [1.807, 2.05) is 36.4 Å². The van der Waals surface area contributed by atoms with Gasteiger partial charge >= 0.3 is 0 Å². The van der Waals surface area contributed by atoms with Crippen molar-refractivity contribution in [2.45, 2.75) is 18.9 Å². The lowest BCUT2D eigenvalue weighted by Gasteiger charge is -2.29. The first kappa shape index (κ1) is 22.0. The van der Waals surface area contributed by atoms with E-state index >= 15 is 0 Å². The summed E-state index contributed by atoms with van der Waals surface area (Å²) in [7, 11) is 2.09. The quantitative estimate of drug-likeness (QED) is 0.563. The number of carbonyl (C=O) groups excluding carboxylic acids is 2. The van der Waals surface area contributed by atoms with Gasteiger partial charge < -0.3 is 15.5 Å². The van der Waals surface area contributed by atoms with Crippen LogP contribution in [0.2, 0.25) is 5.02 Å². The molecule has 2 amide bonds. The van der Waals surface area contributed by atoms with Crippen molar-refractivity contribution >= 4 is 39.9 Å². The van der Waals surface area contributed by atoms with Gasteiger partial charge in [-0.05, 0) is 68.7 Å². The summed E-state index contributed by atoms with van der Waals surface area (Å²) in [4.78, 5) is 31.5. The number of hydrogen-bond acceptors (Lipinski definition) is 4. The Morgan fingerprint density at radius 2 is 1.91 bits per heavy atom. The number of carbonyl (C=O) groups is 2. The largest absolute Gasteiger partial charge is 0.348 e. The molecule has 3 aromatic rings. The maximum atomic E-state index is 12.8. The van der Waals surface area contributed by atoms with Crippen molar-refractivity contribution in [2.24, 2.45) is 0 Å². The number of pyridine rings is 1. The van der Waals surface area contributed by atoms with Gasteiger partial charge in [-0.15, -0.1) is 0 Å². The third-order valence-corrected chi connectivity index (χ3v) is 6.05. The molecule has 1 aliphatic rings. The number of hydrogen-bond donors (Lipinski definition) is 2. The molecule has 4 rings (SSSR count). The zero-order valence-corrected chi connectivity index (χ0v) is 18.7. The Bertz CT molecular complexity index is 1190. The van der Waals surface area contributed by atoms with Crippen LogP contribution < -0.4 is 10.6 Å². The van der Waals surface area contributed by atoms with E-state index in [9.17, 15) is 9.59 Å². The molecule has 2 aromatic carbocycles. The van der Waals surface area contributed by atoms with Crippen LogP contribution in [0.4, 0.5) is 5.69 Å². The van der Waals surface area contributed by atoms with E-state index in [1.165, 1.54) is 6.08 Å². The molecule has 0 bridgehead atoms. The van der Waals surface area contributed by atoms with Crippen LogP contribution in [0.3, 0.4) is 0 Å². The number of nitrogens with zero attached hydrogens (tertiary/aromatic N) is 2. The van der Waals surface area contributed by atoms with Gasteiger partial charge in [0.15, 0.2) is 0 Å². The van der Waals surface area contributed by atoms with Crippen molar-refractivity contribution in [3.05, 3.63) is 71.9 Å². The number of likely N-dealkylation sites (tertiary alicyclic amines) is 1. The zero-order chi connectivity index (χ0) is 22.7. The van der Waals surface area contributed by atoms with Crippen molar-refractivity contribution in [1.82, 2.24) is 15.2 Å². The van der Waals surface area contributed by atoms with Crippen LogP contribution in [0.15, 0.2) is 61.2 Å². The molecule has 0 unspecified atom stereocenters. The van der Waals surface area contributed by atoms with Crippen LogP contribution in [0.1, 0.15) is 23.3 Å². The SMILES string of the molecule is C=CC(=O)Nc1c(Cl)ccc2ccc(-c3cccc(C(=O)NC4CCN(C)CC4)n3)cc12. The number of nitrogens with one attached hydrogen (secondary N) is 2. The molecule has 0 radical (unpaired) electrons. The van der Waals surface area contributed by atoms with Crippen LogP contribution in [-0.4, -0.2) is 47.9 Å². The summed E-state index contributed by atoms with van der Waals surface area (Å²) >= 11 is 6.35. The van der Waals surface area contributed by atoms with Crippen LogP contribution in [-0.2, 0) is 4.79 Å². The highest BCUT2D eigenvalue weighted by atomic mass is 35.5. The maximum Gasteiger partial charge on any atom is 0.270 e. The molecule has 7 heteroatoms. The summed E-state index contributed by atoms with van der Waals surface area (Å²) in [5.74, 6) is -0.500. The Balaban J connectivity index is 1.63. The average Bonchev–Trinajstić information content (AvgIpc) is 2.82. The molecule has 6 nitrogen and oxygen atoms in total. The second-order valence-corrected chi connectivity index (χ2v) is 8.42. The molecule has 164 valence electrons. The van der Waals surface area contributed by atoms with Crippen molar-refractivity contribution in [3.8, 4) is 11.3 Å². The number of aromatic nitrogens is 1. The first-order chi connectivity index (χ1) is 15.4. The summed E-state index contributed by atoms with van der Waals surface area (Å²) in [6.07, 6.45) is 3.08. The number of benzene rings is 2. The highest BCUT2D eigenvalue weighted by Crippen LogP contribution is 2.34. The van der Waals surface area contributed by atoms with Gasteiger partial charge in [0, 0.05) is 17.0 Å². The van der Waals surface area contributed by atoms with Gasteiger partial charge in [-0.3, -0.25) is 9.59 Å². The third kappa shape index (κ3) is 4.82. The Hall–Kier alpha value is -3.22. The summed E-state index contributed by atoms with van der Waals surface area (Å²) in [5.41, 5.74) is 2.39. The van der Waals surface area contributed by atoms with Crippen LogP contribution in [0, 0.1) is 0 Å². The van der Waals surface area contributed by atoms with E-state index in [2.05, 4.69) is 34.1 Å². The lowest BCUT2D eigenvalue weighted by molar-refractivity contribution is -0.111. The lowest BCUT2D eigenvalue weighted by Crippen LogP contribution is -2.43. The predicted octanol–water partition coefficient (Wildman–Crippen LogP) is 4.50. The minimum atomic E-state index is -0.337. The fourth-order valence-electron chi connectivity index (χ4n) is 3.89. The molecule has 0 aliphatic carbocycles. The molecule has 2 heterocycles. The Morgan fingerprint density at radius 3 is 2.66 bits per heavy atom. The molecule has 1 saturated heterocycles. The van der Waals surface area contributed by atoms with Gasteiger partial charge in [-0.1, -0.05) is 42.4 Å². The van der Waals surface area contributed by atoms with E-state index in [1.54, 1.807) is 12.1 Å². The van der Waals surface area contributed by atoms with Crippen molar-refractivity contribution in [1.29, 1.82) is 0 Å². The van der Waals surface area contributed by atoms with E-state index in [0.29, 0.717) is 22.1 Å². The average molecular weight is 449 g/mol. The number of rotatable bonds is 5. The van der Waals surface area contributed by atoms with Gasteiger partial charge in [0.05, 0.1) is 16.4 Å². The van der Waals surface area contributed by atoms with Gasteiger partial charge in [-0.25, -0.2) is 4.98 Å². The molecule has 1 aliphatic heterocycles. The molecule has 1 fully saturated rings. The molecule has 0 saturated carbocycles. The van der Waals surface area contributed by atoms with Gasteiger partial charge in [0.25, 0.3) is 5.91 Å². The maximum absolute atomic E-state index is 12.8. The minimum absolute atomic E-state index is 0.163. The van der Waals surface area contributed by atoms with E-state index in [0.717, 1.165) is 42.3 Å². The third-order valence-electron chi connectivity index (χ3n) is 5.74. The van der Waals surface area contributed by atoms with Gasteiger partial charge in [0.1, 0.15) is 5.69 Å². The van der Waals surface area contributed by atoms with Gasteiger partial charge in [-0.2, -0.15) is 0 Å². The summed E-state index contributed by atoms with van der Waals surface area (Å²) in [6, 6.07) is 15.0. The monoisotopic (exact) mass is 448 g/mol. The zero-order valence-electron chi connectivity index (χ0n) is 17.9. The number of halogens is 1. The molecular weight excluding hydrogens is 424 g/mol. The van der Waals surface area contributed by atoms with E-state index < -0.39 is 0 Å². The fourth-order valence-corrected chi connectivity index (χ4v) is 4.10. The Kier molecular flexibility index (Phi) is 6.53. The summed E-state index contributed by atoms with van der Waals surface area (Å²) in [6.45, 7) is 5.45. The fraction of sp³-hybridized carbons (Fsp3) is 0.240. The summed E-state index contributed by atoms with van der Waals surface area (Å²) in [5, 5.41) is 8.03. The highest BCUT2D eigenvalue weighted by molar-refractivity contribution is 6.35. The Labute approximate surface area is 192 Å². The summed E-state index contributed by atoms with van der Waals surface area (Å²) < 4.78 is 0. The second kappa shape index (κ2) is 9.51. The number of amides is 2. The Morgan fingerprint density at radius 1 is 1.16 bits per heavy atom. The lowest BCUT2D eigenvalue weighted by atomic mass is 10.0. The smallest absolute Gasteiger partial charge is 0.270 e. The number of anilines is 1. The van der Waals surface area contributed by atoms with Crippen molar-refractivity contribution in [2.75, 3.05) is 25.5 Å². The molecule has 32 heavy (non-hydrogen) atoms. The first-order valence-corrected chi connectivity index (χ1v) is 10.9. The minimum Gasteiger partial charge on any atom is -0.348 e. The van der Waals surface area contributed by atoms with Crippen LogP contribution >= 0.6 is 11.6 Å². The number of piperidine rings is 1. The van der Waals surface area contributed by atoms with Crippen molar-refractivity contribution in [3.63, 3.8) is 0 Å². The second-order valence-electron chi connectivity index (χ2n) is 8.01. The van der Waals surface area contributed by atoms with Gasteiger partial charge in [0.2, 0.25) is 5.91 Å². The van der Waals surface area contributed by atoms with E-state index in [4.69, 9.17) is 11.6 Å². The van der Waals surface area contributed by atoms with Crippen LogP contribution in [0.25, 0.3) is 22.0 Å². The highest BCUT2D eigenvalue weighted by Gasteiger charge is 2.20. The van der Waals surface area contributed by atoms with E-state index in [-0.39, 0.29) is 17.9 Å². The molecule has 2 N–H and O–H groups in total. The van der Waals surface area contributed by atoms with Crippen LogP contribution in [0.5, 0.6) is 0 Å². The number of fused-ring (bicyclic) bond motifs is 1. The molecule has 0 spiro atoms. The van der Waals surface area contributed by atoms with Crippen molar-refractivity contribution < 1.29 is 9.59 Å². The molecular formula is C25H25ClN4O2. The normalized spacial score (nSPS) is 14.8. The molecule has 0 atom stereocenters. The predicted molar refractivity (Wildman–Crippen MR) is 129 cm³/mol. The molecule has 1 aromatic heterocycles. The topological polar surface area (TPSA) is 74.3 Å². The standard InChI is InChI=1S/C25H25ClN4O2/c1-3-23(31)29-24-19-15-17(8-7-16(19)9-10-20(24)26)21-5-4-6-22(28-21)25(32)27-18-11-13-30(2)14-12-18/h3-10,15,18H,1,11-14H2,2H3,(H,27,32)(H,29,31). The first-order valence-electron chi connectivity index (χ1n) is 10.6.